The summed E-state index contributed by atoms with van der Waals surface area (Å²) in [5.74, 6) is 0. The maximum atomic E-state index is 3.56. The van der Waals surface area contributed by atoms with Gasteiger partial charge < -0.3 is 5.32 Å². The maximum absolute atomic E-state index is 3.56. The Labute approximate surface area is 105 Å². The van der Waals surface area contributed by atoms with Crippen LogP contribution >= 0.6 is 22.7 Å². The number of nitrogens with one attached hydrogen (secondary N) is 1. The van der Waals surface area contributed by atoms with Gasteiger partial charge in [0.2, 0.25) is 0 Å². The minimum absolute atomic E-state index is 0.445. The van der Waals surface area contributed by atoms with Gasteiger partial charge in [-0.25, -0.2) is 0 Å². The first kappa shape index (κ1) is 11.8. The predicted molar refractivity (Wildman–Crippen MR) is 73.4 cm³/mol. The van der Waals surface area contributed by atoms with Gasteiger partial charge in [0, 0.05) is 32.1 Å². The molecule has 1 nitrogen and oxygen atoms in total. The van der Waals surface area contributed by atoms with E-state index < -0.39 is 0 Å². The molecule has 0 radical (unpaired) electrons. The van der Waals surface area contributed by atoms with E-state index >= 15 is 0 Å². The quantitative estimate of drug-likeness (QED) is 0.855. The second-order valence-corrected chi connectivity index (χ2v) is 6.76. The highest BCUT2D eigenvalue weighted by Gasteiger charge is 2.07. The van der Waals surface area contributed by atoms with Crippen molar-refractivity contribution in [2.45, 2.75) is 33.4 Å². The molecule has 3 heteroatoms. The summed E-state index contributed by atoms with van der Waals surface area (Å²) < 4.78 is 0. The molecule has 2 aromatic rings. The summed E-state index contributed by atoms with van der Waals surface area (Å²) in [4.78, 5) is 5.61. The van der Waals surface area contributed by atoms with Crippen LogP contribution in [0.15, 0.2) is 24.3 Å². The average Bonchev–Trinajstić information content (AvgIpc) is 2.84. The van der Waals surface area contributed by atoms with Crippen molar-refractivity contribution in [3.8, 4) is 0 Å². The Hall–Kier alpha value is -0.640. The van der Waals surface area contributed by atoms with Crippen molar-refractivity contribution in [3.63, 3.8) is 0 Å². The summed E-state index contributed by atoms with van der Waals surface area (Å²) >= 11 is 3.75. The fourth-order valence-electron chi connectivity index (χ4n) is 1.62. The highest BCUT2D eigenvalue weighted by atomic mass is 32.1. The molecule has 0 spiro atoms. The van der Waals surface area contributed by atoms with Gasteiger partial charge in [-0.3, -0.25) is 0 Å². The lowest BCUT2D eigenvalue weighted by Gasteiger charge is -2.10. The van der Waals surface area contributed by atoms with Crippen LogP contribution in [0.2, 0.25) is 0 Å². The minimum Gasteiger partial charge on any atom is -0.305 e. The molecule has 1 atom stereocenters. The lowest BCUT2D eigenvalue weighted by Crippen LogP contribution is -2.16. The molecule has 2 rings (SSSR count). The third-order valence-electron chi connectivity index (χ3n) is 2.57. The smallest absolute Gasteiger partial charge is 0.0389 e. The third kappa shape index (κ3) is 2.94. The Bertz CT molecular complexity index is 456. The van der Waals surface area contributed by atoms with Gasteiger partial charge in [0.15, 0.2) is 0 Å². The highest BCUT2D eigenvalue weighted by Crippen LogP contribution is 2.23. The van der Waals surface area contributed by atoms with Crippen LogP contribution in [-0.2, 0) is 6.54 Å². The van der Waals surface area contributed by atoms with Crippen molar-refractivity contribution in [2.75, 3.05) is 0 Å². The van der Waals surface area contributed by atoms with Gasteiger partial charge in [-0.1, -0.05) is 0 Å². The Balaban J connectivity index is 1.91. The highest BCUT2D eigenvalue weighted by molar-refractivity contribution is 7.12. The Morgan fingerprint density at radius 2 is 1.75 bits per heavy atom. The summed E-state index contributed by atoms with van der Waals surface area (Å²) in [5.41, 5.74) is 0. The Morgan fingerprint density at radius 3 is 2.31 bits per heavy atom. The van der Waals surface area contributed by atoms with Gasteiger partial charge in [-0.2, -0.15) is 0 Å². The fourth-order valence-corrected chi connectivity index (χ4v) is 3.37. The van der Waals surface area contributed by atoms with Gasteiger partial charge in [0.25, 0.3) is 0 Å². The van der Waals surface area contributed by atoms with E-state index in [1.807, 2.05) is 22.7 Å². The molecule has 0 bridgehead atoms. The molecule has 16 heavy (non-hydrogen) atoms. The SMILES string of the molecule is Cc1ccc(CNC(C)c2ccc(C)s2)s1. The molecule has 0 aliphatic rings. The molecule has 86 valence electrons. The fraction of sp³-hybridized carbons (Fsp3) is 0.385. The largest absolute Gasteiger partial charge is 0.305 e. The Kier molecular flexibility index (Phi) is 3.79. The molecule has 0 fully saturated rings. The van der Waals surface area contributed by atoms with Crippen LogP contribution in [0.3, 0.4) is 0 Å². The second kappa shape index (κ2) is 5.13. The molecule has 0 aliphatic carbocycles. The van der Waals surface area contributed by atoms with Crippen molar-refractivity contribution >= 4 is 22.7 Å². The van der Waals surface area contributed by atoms with Gasteiger partial charge >= 0.3 is 0 Å². The zero-order chi connectivity index (χ0) is 11.5. The van der Waals surface area contributed by atoms with E-state index in [0.717, 1.165) is 6.54 Å². The van der Waals surface area contributed by atoms with E-state index in [1.54, 1.807) is 0 Å². The monoisotopic (exact) mass is 251 g/mol. The average molecular weight is 251 g/mol. The van der Waals surface area contributed by atoms with Gasteiger partial charge in [0.1, 0.15) is 0 Å². The molecule has 2 heterocycles. The summed E-state index contributed by atoms with van der Waals surface area (Å²) in [7, 11) is 0. The molecule has 0 saturated heterocycles. The van der Waals surface area contributed by atoms with E-state index in [1.165, 1.54) is 19.5 Å². The molecule has 0 saturated carbocycles. The predicted octanol–water partition coefficient (Wildman–Crippen LogP) is 4.28. The first-order valence-corrected chi connectivity index (χ1v) is 7.13. The normalized spacial score (nSPS) is 12.9. The van der Waals surface area contributed by atoms with Crippen LogP contribution in [0.5, 0.6) is 0 Å². The van der Waals surface area contributed by atoms with Crippen molar-refractivity contribution in [1.29, 1.82) is 0 Å². The van der Waals surface area contributed by atoms with Crippen molar-refractivity contribution in [3.05, 3.63) is 43.8 Å². The topological polar surface area (TPSA) is 12.0 Å². The van der Waals surface area contributed by atoms with Crippen LogP contribution in [0.1, 0.15) is 32.5 Å². The van der Waals surface area contributed by atoms with Crippen LogP contribution in [0.25, 0.3) is 0 Å². The van der Waals surface area contributed by atoms with E-state index in [9.17, 15) is 0 Å². The summed E-state index contributed by atoms with van der Waals surface area (Å²) in [6.07, 6.45) is 0. The van der Waals surface area contributed by atoms with E-state index in [-0.39, 0.29) is 0 Å². The number of rotatable bonds is 4. The molecule has 0 amide bonds. The van der Waals surface area contributed by atoms with Crippen molar-refractivity contribution in [2.24, 2.45) is 0 Å². The zero-order valence-electron chi connectivity index (χ0n) is 9.91. The molecule has 0 aromatic carbocycles. The van der Waals surface area contributed by atoms with Crippen LogP contribution < -0.4 is 5.32 Å². The second-order valence-electron chi connectivity index (χ2n) is 4.06. The summed E-state index contributed by atoms with van der Waals surface area (Å²) in [6.45, 7) is 7.51. The lowest BCUT2D eigenvalue weighted by atomic mass is 10.2. The van der Waals surface area contributed by atoms with E-state index in [4.69, 9.17) is 0 Å². The van der Waals surface area contributed by atoms with E-state index in [0.29, 0.717) is 6.04 Å². The number of hydrogen-bond donors (Lipinski definition) is 1. The number of thiophene rings is 2. The summed E-state index contributed by atoms with van der Waals surface area (Å²) in [5, 5.41) is 3.56. The van der Waals surface area contributed by atoms with Gasteiger partial charge in [0.05, 0.1) is 0 Å². The maximum Gasteiger partial charge on any atom is 0.0389 e. The number of aryl methyl sites for hydroxylation is 2. The molecule has 2 aromatic heterocycles. The van der Waals surface area contributed by atoms with Crippen LogP contribution in [0, 0.1) is 13.8 Å². The standard InChI is InChI=1S/C13H17NS2/c1-9-4-6-12(15-9)8-14-11(3)13-7-5-10(2)16-13/h4-7,11,14H,8H2,1-3H3. The van der Waals surface area contributed by atoms with Crippen molar-refractivity contribution in [1.82, 2.24) is 5.32 Å². The third-order valence-corrected chi connectivity index (χ3v) is 4.75. The van der Waals surface area contributed by atoms with Gasteiger partial charge in [-0.15, -0.1) is 22.7 Å². The first-order chi connectivity index (χ1) is 7.65. The van der Waals surface area contributed by atoms with Crippen LogP contribution in [0.4, 0.5) is 0 Å². The Morgan fingerprint density at radius 1 is 1.06 bits per heavy atom. The van der Waals surface area contributed by atoms with Crippen molar-refractivity contribution < 1.29 is 0 Å². The molecular weight excluding hydrogens is 234 g/mol. The lowest BCUT2D eigenvalue weighted by molar-refractivity contribution is 0.587. The van der Waals surface area contributed by atoms with Gasteiger partial charge in [-0.05, 0) is 45.0 Å². The minimum atomic E-state index is 0.445. The number of hydrogen-bond acceptors (Lipinski definition) is 3. The molecule has 0 aliphatic heterocycles. The molecular formula is C13H17NS2. The summed E-state index contributed by atoms with van der Waals surface area (Å²) in [6, 6.07) is 9.24. The zero-order valence-corrected chi connectivity index (χ0v) is 11.5. The van der Waals surface area contributed by atoms with Crippen LogP contribution in [-0.4, -0.2) is 0 Å². The molecule has 1 unspecified atom stereocenters. The first-order valence-electron chi connectivity index (χ1n) is 5.50. The van der Waals surface area contributed by atoms with E-state index in [2.05, 4.69) is 50.4 Å². The molecule has 1 N–H and O–H groups in total.